The molecule has 1 unspecified atom stereocenters. The van der Waals surface area contributed by atoms with Crippen LogP contribution >= 0.6 is 11.6 Å². The van der Waals surface area contributed by atoms with Crippen LogP contribution in [0.5, 0.6) is 0 Å². The molecule has 0 spiro atoms. The lowest BCUT2D eigenvalue weighted by Gasteiger charge is -2.19. The van der Waals surface area contributed by atoms with E-state index in [-0.39, 0.29) is 23.8 Å². The Labute approximate surface area is 125 Å². The number of aromatic nitrogens is 2. The first kappa shape index (κ1) is 13.6. The van der Waals surface area contributed by atoms with Crippen LogP contribution < -0.4 is 0 Å². The molecule has 21 heavy (non-hydrogen) atoms. The first-order valence-corrected chi connectivity index (χ1v) is 6.73. The van der Waals surface area contributed by atoms with Crippen molar-refractivity contribution in [2.45, 2.75) is 11.9 Å². The predicted molar refractivity (Wildman–Crippen MR) is 77.9 cm³/mol. The second-order valence-electron chi connectivity index (χ2n) is 4.50. The molecule has 0 fully saturated rings. The molecule has 1 heterocycles. The lowest BCUT2D eigenvalue weighted by molar-refractivity contribution is 0.0967. The van der Waals surface area contributed by atoms with Crippen LogP contribution in [0, 0.1) is 0 Å². The van der Waals surface area contributed by atoms with Crippen LogP contribution in [-0.2, 0) is 6.54 Å². The Kier molecular flexibility index (Phi) is 3.58. The highest BCUT2D eigenvalue weighted by Crippen LogP contribution is 2.23. The molecule has 0 aliphatic heterocycles. The number of hydrogen-bond donors (Lipinski definition) is 0. The summed E-state index contributed by atoms with van der Waals surface area (Å²) in [4.78, 5) is 36.7. The maximum Gasteiger partial charge on any atom is 0.209 e. The van der Waals surface area contributed by atoms with Crippen molar-refractivity contribution in [2.24, 2.45) is 4.99 Å². The Morgan fingerprint density at radius 2 is 1.90 bits per heavy atom. The number of fused-ring (bicyclic) bond motifs is 1. The van der Waals surface area contributed by atoms with Crippen molar-refractivity contribution in [3.63, 3.8) is 0 Å². The Balaban J connectivity index is 1.97. The van der Waals surface area contributed by atoms with Crippen LogP contribution in [0.3, 0.4) is 0 Å². The highest BCUT2D eigenvalue weighted by atomic mass is 35.5. The van der Waals surface area contributed by atoms with Crippen molar-refractivity contribution in [1.29, 1.82) is 0 Å². The molecule has 1 atom stereocenters. The molecule has 0 saturated carbocycles. The minimum atomic E-state index is -1.05. The third kappa shape index (κ3) is 2.48. The van der Waals surface area contributed by atoms with Gasteiger partial charge in [0.1, 0.15) is 11.1 Å². The molecular weight excluding hydrogens is 290 g/mol. The summed E-state index contributed by atoms with van der Waals surface area (Å²) in [5, 5.41) is -1.05. The number of Topliss-reactive ketones (excluding diaryl/α,β-unsaturated/α-hetero) is 2. The van der Waals surface area contributed by atoms with Gasteiger partial charge < -0.3 is 0 Å². The predicted octanol–water partition coefficient (Wildman–Crippen LogP) is 2.10. The number of carbonyl (C=O) groups excluding carboxylic acids is 2. The fourth-order valence-electron chi connectivity index (χ4n) is 2.14. The number of rotatable bonds is 2. The van der Waals surface area contributed by atoms with Gasteiger partial charge in [-0.25, -0.2) is 0 Å². The van der Waals surface area contributed by atoms with Crippen molar-refractivity contribution in [1.82, 2.24) is 9.97 Å². The topological polar surface area (TPSA) is 72.3 Å². The highest BCUT2D eigenvalue weighted by molar-refractivity contribution is 6.64. The Bertz CT molecular complexity index is 744. The fraction of sp³-hybridized carbons (Fsp3) is 0.133. The molecule has 2 aromatic rings. The molecular formula is C15H10ClN3O2. The maximum atomic E-state index is 12.4. The Morgan fingerprint density at radius 1 is 1.14 bits per heavy atom. The van der Waals surface area contributed by atoms with E-state index in [0.717, 1.165) is 0 Å². The van der Waals surface area contributed by atoms with Crippen molar-refractivity contribution in [3.05, 3.63) is 59.7 Å². The van der Waals surface area contributed by atoms with Crippen molar-refractivity contribution >= 4 is 28.9 Å². The molecule has 0 N–H and O–H groups in total. The molecule has 1 aromatic carbocycles. The number of halogens is 1. The average molecular weight is 300 g/mol. The van der Waals surface area contributed by atoms with E-state index in [1.807, 2.05) is 0 Å². The third-order valence-corrected chi connectivity index (χ3v) is 3.57. The monoisotopic (exact) mass is 299 g/mol. The van der Waals surface area contributed by atoms with Gasteiger partial charge in [-0.2, -0.15) is 0 Å². The lowest BCUT2D eigenvalue weighted by Crippen LogP contribution is -2.38. The summed E-state index contributed by atoms with van der Waals surface area (Å²) in [6.45, 7) is 0.160. The minimum absolute atomic E-state index is 0.0611. The molecule has 6 heteroatoms. The van der Waals surface area contributed by atoms with Gasteiger partial charge in [0, 0.05) is 23.5 Å². The number of benzene rings is 1. The van der Waals surface area contributed by atoms with Gasteiger partial charge in [-0.3, -0.25) is 24.5 Å². The zero-order chi connectivity index (χ0) is 14.8. The number of carbonyl (C=O) groups is 2. The van der Waals surface area contributed by atoms with E-state index in [9.17, 15) is 9.59 Å². The van der Waals surface area contributed by atoms with Crippen LogP contribution in [0.2, 0.25) is 0 Å². The summed E-state index contributed by atoms with van der Waals surface area (Å²) in [5.74, 6) is -0.612. The van der Waals surface area contributed by atoms with E-state index in [0.29, 0.717) is 16.8 Å². The smallest absolute Gasteiger partial charge is 0.209 e. The van der Waals surface area contributed by atoms with Gasteiger partial charge in [0.2, 0.25) is 5.78 Å². The van der Waals surface area contributed by atoms with E-state index < -0.39 is 5.38 Å². The SMILES string of the molecule is O=C1C(=NCc2cnccn2)C(Cl)C(=O)c2ccccc21. The highest BCUT2D eigenvalue weighted by Gasteiger charge is 2.36. The molecule has 0 amide bonds. The summed E-state index contributed by atoms with van der Waals surface area (Å²) >= 11 is 6.08. The number of nitrogens with zero attached hydrogens (tertiary/aromatic N) is 3. The summed E-state index contributed by atoms with van der Waals surface area (Å²) in [7, 11) is 0. The van der Waals surface area contributed by atoms with Crippen LogP contribution in [-0.4, -0.2) is 32.6 Å². The Morgan fingerprint density at radius 3 is 2.62 bits per heavy atom. The molecule has 0 radical (unpaired) electrons. The van der Waals surface area contributed by atoms with E-state index in [1.165, 1.54) is 6.20 Å². The zero-order valence-electron chi connectivity index (χ0n) is 10.9. The van der Waals surface area contributed by atoms with Gasteiger partial charge in [0.15, 0.2) is 5.78 Å². The molecule has 3 rings (SSSR count). The van der Waals surface area contributed by atoms with Gasteiger partial charge in [0.05, 0.1) is 18.4 Å². The number of aliphatic imine (C=N–C) groups is 1. The number of ketones is 2. The average Bonchev–Trinajstić information content (AvgIpc) is 2.54. The second kappa shape index (κ2) is 5.54. The minimum Gasteiger partial charge on any atom is -0.292 e. The van der Waals surface area contributed by atoms with Gasteiger partial charge >= 0.3 is 0 Å². The molecule has 1 aliphatic rings. The molecule has 104 valence electrons. The lowest BCUT2D eigenvalue weighted by atomic mass is 9.88. The van der Waals surface area contributed by atoms with Crippen LogP contribution in [0.15, 0.2) is 47.8 Å². The summed E-state index contributed by atoms with van der Waals surface area (Å²) in [6, 6.07) is 6.62. The normalized spacial score (nSPS) is 19.7. The van der Waals surface area contributed by atoms with Gasteiger partial charge in [0.25, 0.3) is 0 Å². The van der Waals surface area contributed by atoms with Crippen LogP contribution in [0.1, 0.15) is 26.4 Å². The fourth-order valence-corrected chi connectivity index (χ4v) is 2.43. The number of hydrogen-bond acceptors (Lipinski definition) is 5. The summed E-state index contributed by atoms with van der Waals surface area (Å²) < 4.78 is 0. The molecule has 0 bridgehead atoms. The van der Waals surface area contributed by atoms with Gasteiger partial charge in [-0.05, 0) is 0 Å². The molecule has 1 aromatic heterocycles. The van der Waals surface area contributed by atoms with E-state index in [2.05, 4.69) is 15.0 Å². The molecule has 1 aliphatic carbocycles. The van der Waals surface area contributed by atoms with Crippen molar-refractivity contribution in [2.75, 3.05) is 0 Å². The van der Waals surface area contributed by atoms with Crippen molar-refractivity contribution in [3.8, 4) is 0 Å². The summed E-state index contributed by atoms with van der Waals surface area (Å²) in [6.07, 6.45) is 4.64. The summed E-state index contributed by atoms with van der Waals surface area (Å²) in [5.41, 5.74) is 1.36. The van der Waals surface area contributed by atoms with Crippen molar-refractivity contribution < 1.29 is 9.59 Å². The third-order valence-electron chi connectivity index (χ3n) is 3.17. The number of alkyl halides is 1. The second-order valence-corrected chi connectivity index (χ2v) is 4.94. The van der Waals surface area contributed by atoms with E-state index >= 15 is 0 Å². The largest absolute Gasteiger partial charge is 0.292 e. The molecule has 0 saturated heterocycles. The van der Waals surface area contributed by atoms with Crippen LogP contribution in [0.4, 0.5) is 0 Å². The first-order valence-electron chi connectivity index (χ1n) is 6.29. The zero-order valence-corrected chi connectivity index (χ0v) is 11.6. The standard InChI is InChI=1S/C15H10ClN3O2/c16-12-13(19-8-9-7-17-5-6-18-9)15(21)11-4-2-1-3-10(11)14(12)20/h1-7,12H,8H2. The Hall–Kier alpha value is -2.40. The van der Waals surface area contributed by atoms with Gasteiger partial charge in [-0.15, -0.1) is 11.6 Å². The van der Waals surface area contributed by atoms with E-state index in [1.54, 1.807) is 36.7 Å². The quantitative estimate of drug-likeness (QED) is 0.796. The van der Waals surface area contributed by atoms with E-state index in [4.69, 9.17) is 11.6 Å². The molecule has 5 nitrogen and oxygen atoms in total. The maximum absolute atomic E-state index is 12.4. The van der Waals surface area contributed by atoms with Gasteiger partial charge in [-0.1, -0.05) is 24.3 Å². The first-order chi connectivity index (χ1) is 10.2. The van der Waals surface area contributed by atoms with Crippen LogP contribution in [0.25, 0.3) is 0 Å².